The molecule has 0 unspecified atom stereocenters. The first kappa shape index (κ1) is 13.5. The van der Waals surface area contributed by atoms with E-state index in [4.69, 9.17) is 4.74 Å². The fourth-order valence-corrected chi connectivity index (χ4v) is 2.42. The predicted molar refractivity (Wildman–Crippen MR) is 87.4 cm³/mol. The highest BCUT2D eigenvalue weighted by Crippen LogP contribution is 2.19. The van der Waals surface area contributed by atoms with Crippen molar-refractivity contribution in [1.29, 1.82) is 0 Å². The first-order chi connectivity index (χ1) is 11.4. The molecule has 0 radical (unpaired) electrons. The van der Waals surface area contributed by atoms with E-state index in [1.807, 2.05) is 59.4 Å². The maximum absolute atomic E-state index is 5.71. The Hall–Kier alpha value is -3.21. The Morgan fingerprint density at radius 2 is 1.91 bits per heavy atom. The van der Waals surface area contributed by atoms with E-state index in [-0.39, 0.29) is 0 Å². The molecule has 0 aliphatic carbocycles. The van der Waals surface area contributed by atoms with Crippen molar-refractivity contribution < 1.29 is 4.74 Å². The van der Waals surface area contributed by atoms with Gasteiger partial charge in [0.1, 0.15) is 18.2 Å². The number of ether oxygens (including phenoxy) is 1. The smallest absolute Gasteiger partial charge is 0.138 e. The van der Waals surface area contributed by atoms with Crippen molar-refractivity contribution in [3.8, 4) is 11.6 Å². The van der Waals surface area contributed by atoms with Crippen molar-refractivity contribution in [2.45, 2.75) is 6.61 Å². The number of rotatable bonds is 4. The quantitative estimate of drug-likeness (QED) is 0.580. The molecule has 5 nitrogen and oxygen atoms in total. The summed E-state index contributed by atoms with van der Waals surface area (Å²) in [4.78, 5) is 12.9. The van der Waals surface area contributed by atoms with Gasteiger partial charge >= 0.3 is 0 Å². The van der Waals surface area contributed by atoms with E-state index < -0.39 is 0 Å². The van der Waals surface area contributed by atoms with Crippen LogP contribution < -0.4 is 4.74 Å². The number of pyridine rings is 3. The monoisotopic (exact) mass is 302 g/mol. The molecule has 23 heavy (non-hydrogen) atoms. The zero-order valence-corrected chi connectivity index (χ0v) is 12.3. The van der Waals surface area contributed by atoms with E-state index in [0.717, 1.165) is 22.4 Å². The molecule has 0 fully saturated rings. The van der Waals surface area contributed by atoms with Crippen LogP contribution in [0.25, 0.3) is 16.7 Å². The van der Waals surface area contributed by atoms with Crippen LogP contribution in [0.1, 0.15) is 5.69 Å². The molecule has 0 bridgehead atoms. The maximum Gasteiger partial charge on any atom is 0.138 e. The molecule has 0 aliphatic rings. The van der Waals surface area contributed by atoms with Crippen LogP contribution in [-0.2, 0) is 6.61 Å². The Morgan fingerprint density at radius 3 is 2.74 bits per heavy atom. The maximum atomic E-state index is 5.71. The van der Waals surface area contributed by atoms with E-state index in [9.17, 15) is 0 Å². The molecule has 0 aliphatic heterocycles. The third kappa shape index (κ3) is 2.76. The molecular formula is C18H14N4O. The van der Waals surface area contributed by atoms with Crippen LogP contribution in [0.15, 0.2) is 73.4 Å². The van der Waals surface area contributed by atoms with Gasteiger partial charge in [0.25, 0.3) is 0 Å². The fraction of sp³-hybridized carbons (Fsp3) is 0.0556. The van der Waals surface area contributed by atoms with Gasteiger partial charge in [-0.25, -0.2) is 4.98 Å². The number of nitrogens with zero attached hydrogens (tertiary/aromatic N) is 4. The lowest BCUT2D eigenvalue weighted by molar-refractivity contribution is 0.300. The molecule has 0 atom stereocenters. The second-order valence-electron chi connectivity index (χ2n) is 5.08. The lowest BCUT2D eigenvalue weighted by atomic mass is 10.3. The molecule has 112 valence electrons. The Balaban J connectivity index is 1.54. The Labute approximate surface area is 133 Å². The summed E-state index contributed by atoms with van der Waals surface area (Å²) in [6.45, 7) is 0.429. The van der Waals surface area contributed by atoms with Crippen molar-refractivity contribution in [2.24, 2.45) is 0 Å². The van der Waals surface area contributed by atoms with Crippen LogP contribution >= 0.6 is 0 Å². The molecule has 5 heteroatoms. The average Bonchev–Trinajstić information content (AvgIpc) is 3.05. The SMILES string of the molecule is c1ccc(COc2ccc(-n3ccc4ccncc43)nc2)nc1. The summed E-state index contributed by atoms with van der Waals surface area (Å²) in [7, 11) is 0. The lowest BCUT2D eigenvalue weighted by Crippen LogP contribution is -1.99. The van der Waals surface area contributed by atoms with Gasteiger partial charge in [-0.05, 0) is 36.4 Å². The fourth-order valence-electron chi connectivity index (χ4n) is 2.42. The molecule has 0 aromatic carbocycles. The van der Waals surface area contributed by atoms with Crippen LogP contribution in [0.2, 0.25) is 0 Å². The molecule has 4 aromatic rings. The Kier molecular flexibility index (Phi) is 3.44. The second kappa shape index (κ2) is 5.88. The number of hydrogen-bond donors (Lipinski definition) is 0. The van der Waals surface area contributed by atoms with E-state index in [1.165, 1.54) is 0 Å². The minimum atomic E-state index is 0.429. The zero-order chi connectivity index (χ0) is 15.5. The Bertz CT molecular complexity index is 917. The summed E-state index contributed by atoms with van der Waals surface area (Å²) in [6.07, 6.45) is 9.09. The lowest BCUT2D eigenvalue weighted by Gasteiger charge is -2.07. The van der Waals surface area contributed by atoms with Gasteiger partial charge in [-0.1, -0.05) is 6.07 Å². The van der Waals surface area contributed by atoms with Gasteiger partial charge < -0.3 is 4.74 Å². The van der Waals surface area contributed by atoms with E-state index in [1.54, 1.807) is 18.6 Å². The highest BCUT2D eigenvalue weighted by molar-refractivity contribution is 5.80. The van der Waals surface area contributed by atoms with E-state index >= 15 is 0 Å². The minimum absolute atomic E-state index is 0.429. The topological polar surface area (TPSA) is 52.8 Å². The molecule has 0 saturated heterocycles. The van der Waals surface area contributed by atoms with Gasteiger partial charge in [0.2, 0.25) is 0 Å². The first-order valence-corrected chi connectivity index (χ1v) is 7.30. The molecule has 4 heterocycles. The molecule has 0 spiro atoms. The van der Waals surface area contributed by atoms with Crippen LogP contribution in [0.3, 0.4) is 0 Å². The summed E-state index contributed by atoms with van der Waals surface area (Å²) in [5.74, 6) is 1.55. The minimum Gasteiger partial charge on any atom is -0.486 e. The largest absolute Gasteiger partial charge is 0.486 e. The summed E-state index contributed by atoms with van der Waals surface area (Å²) in [6, 6.07) is 13.6. The van der Waals surface area contributed by atoms with Crippen LogP contribution in [0.4, 0.5) is 0 Å². The summed E-state index contributed by atoms with van der Waals surface area (Å²) in [5.41, 5.74) is 1.92. The van der Waals surface area contributed by atoms with Crippen LogP contribution in [0, 0.1) is 0 Å². The molecule has 0 amide bonds. The normalized spacial score (nSPS) is 10.8. The third-order valence-electron chi connectivity index (χ3n) is 3.58. The average molecular weight is 302 g/mol. The van der Waals surface area contributed by atoms with E-state index in [2.05, 4.69) is 15.0 Å². The van der Waals surface area contributed by atoms with Crippen LogP contribution in [0.5, 0.6) is 5.75 Å². The Morgan fingerprint density at radius 1 is 0.913 bits per heavy atom. The van der Waals surface area contributed by atoms with Gasteiger partial charge in [-0.3, -0.25) is 14.5 Å². The summed E-state index contributed by atoms with van der Waals surface area (Å²) >= 11 is 0. The third-order valence-corrected chi connectivity index (χ3v) is 3.58. The summed E-state index contributed by atoms with van der Waals surface area (Å²) < 4.78 is 7.71. The number of hydrogen-bond acceptors (Lipinski definition) is 4. The predicted octanol–water partition coefficient (Wildman–Crippen LogP) is 3.39. The van der Waals surface area contributed by atoms with Crippen molar-refractivity contribution in [3.05, 3.63) is 79.1 Å². The molecular weight excluding hydrogens is 288 g/mol. The van der Waals surface area contributed by atoms with Gasteiger partial charge in [-0.15, -0.1) is 0 Å². The first-order valence-electron chi connectivity index (χ1n) is 7.30. The van der Waals surface area contributed by atoms with Crippen LogP contribution in [-0.4, -0.2) is 19.5 Å². The number of fused-ring (bicyclic) bond motifs is 1. The standard InChI is InChI=1S/C18H14N4O/c1-2-8-20-15(3-1)13-23-16-4-5-18(21-11-16)22-10-7-14-6-9-19-12-17(14)22/h1-12H,13H2. The van der Waals surface area contributed by atoms with Crippen molar-refractivity contribution >= 4 is 10.9 Å². The number of aromatic nitrogens is 4. The molecule has 0 N–H and O–H groups in total. The summed E-state index contributed by atoms with van der Waals surface area (Å²) in [5, 5.41) is 1.14. The second-order valence-corrected chi connectivity index (χ2v) is 5.08. The highest BCUT2D eigenvalue weighted by atomic mass is 16.5. The molecule has 4 rings (SSSR count). The van der Waals surface area contributed by atoms with Gasteiger partial charge in [0.05, 0.1) is 23.6 Å². The van der Waals surface area contributed by atoms with Gasteiger partial charge in [-0.2, -0.15) is 0 Å². The zero-order valence-electron chi connectivity index (χ0n) is 12.3. The van der Waals surface area contributed by atoms with Crippen molar-refractivity contribution in [1.82, 2.24) is 19.5 Å². The van der Waals surface area contributed by atoms with Crippen molar-refractivity contribution in [3.63, 3.8) is 0 Å². The van der Waals surface area contributed by atoms with Crippen molar-refractivity contribution in [2.75, 3.05) is 0 Å². The van der Waals surface area contributed by atoms with Gasteiger partial charge in [0, 0.05) is 24.0 Å². The molecule has 0 saturated carbocycles. The molecule has 4 aromatic heterocycles. The van der Waals surface area contributed by atoms with Gasteiger partial charge in [0.15, 0.2) is 0 Å². The van der Waals surface area contributed by atoms with E-state index in [0.29, 0.717) is 12.4 Å². The highest BCUT2D eigenvalue weighted by Gasteiger charge is 2.04.